The molecule has 0 aliphatic carbocycles. The number of hydrogen-bond acceptors (Lipinski definition) is 4. The van der Waals surface area contributed by atoms with Crippen molar-refractivity contribution in [2.24, 2.45) is 5.10 Å². The van der Waals surface area contributed by atoms with Crippen molar-refractivity contribution < 1.29 is 19.5 Å². The molecule has 21 heavy (non-hydrogen) atoms. The lowest BCUT2D eigenvalue weighted by Crippen LogP contribution is -2.40. The highest BCUT2D eigenvalue weighted by atomic mass is 16.4. The summed E-state index contributed by atoms with van der Waals surface area (Å²) < 4.78 is 0. The van der Waals surface area contributed by atoms with Crippen LogP contribution in [-0.4, -0.2) is 40.2 Å². The Balaban J connectivity index is 2.06. The highest BCUT2D eigenvalue weighted by Gasteiger charge is 2.24. The topological polar surface area (TPSA) is 99.1 Å². The van der Waals surface area contributed by atoms with Crippen LogP contribution in [0.15, 0.2) is 35.4 Å². The Labute approximate surface area is 121 Å². The lowest BCUT2D eigenvalue weighted by atomic mass is 10.1. The average Bonchev–Trinajstić information content (AvgIpc) is 2.48. The van der Waals surface area contributed by atoms with E-state index in [4.69, 9.17) is 5.11 Å². The first-order valence-corrected chi connectivity index (χ1v) is 6.48. The molecule has 2 rings (SSSR count). The van der Waals surface area contributed by atoms with E-state index in [1.54, 1.807) is 0 Å². The van der Waals surface area contributed by atoms with Crippen molar-refractivity contribution in [3.8, 4) is 0 Å². The molecule has 0 saturated carbocycles. The van der Waals surface area contributed by atoms with Crippen LogP contribution in [0.1, 0.15) is 18.4 Å². The van der Waals surface area contributed by atoms with E-state index in [-0.39, 0.29) is 31.0 Å². The van der Waals surface area contributed by atoms with Gasteiger partial charge in [-0.3, -0.25) is 14.4 Å². The van der Waals surface area contributed by atoms with Gasteiger partial charge in [-0.1, -0.05) is 30.3 Å². The van der Waals surface area contributed by atoms with E-state index in [0.29, 0.717) is 0 Å². The molecule has 1 aliphatic heterocycles. The van der Waals surface area contributed by atoms with E-state index in [0.717, 1.165) is 5.56 Å². The number of nitrogens with zero attached hydrogens (tertiary/aromatic N) is 2. The predicted molar refractivity (Wildman–Crippen MR) is 74.3 cm³/mol. The van der Waals surface area contributed by atoms with Crippen molar-refractivity contribution in [2.75, 3.05) is 6.54 Å². The van der Waals surface area contributed by atoms with Crippen LogP contribution in [0.2, 0.25) is 0 Å². The van der Waals surface area contributed by atoms with Crippen LogP contribution < -0.4 is 5.32 Å². The molecule has 0 fully saturated rings. The van der Waals surface area contributed by atoms with E-state index in [9.17, 15) is 14.4 Å². The third-order valence-corrected chi connectivity index (χ3v) is 2.94. The Kier molecular flexibility index (Phi) is 4.65. The van der Waals surface area contributed by atoms with E-state index in [2.05, 4.69) is 10.4 Å². The van der Waals surface area contributed by atoms with Gasteiger partial charge in [0.05, 0.1) is 6.54 Å². The Hall–Kier alpha value is -2.70. The fraction of sp³-hybridized carbons (Fsp3) is 0.286. The van der Waals surface area contributed by atoms with Crippen molar-refractivity contribution in [3.63, 3.8) is 0 Å². The minimum absolute atomic E-state index is 0.159. The summed E-state index contributed by atoms with van der Waals surface area (Å²) in [5, 5.41) is 16.1. The lowest BCUT2D eigenvalue weighted by molar-refractivity contribution is -0.137. The zero-order chi connectivity index (χ0) is 15.2. The van der Waals surface area contributed by atoms with Gasteiger partial charge in [-0.15, -0.1) is 0 Å². The summed E-state index contributed by atoms with van der Waals surface area (Å²) in [6, 6.07) is 9.31. The van der Waals surface area contributed by atoms with E-state index < -0.39 is 18.4 Å². The normalized spacial score (nSPS) is 14.6. The maximum atomic E-state index is 11.8. The number of benzene rings is 1. The summed E-state index contributed by atoms with van der Waals surface area (Å²) in [5.41, 5.74) is 1.08. The van der Waals surface area contributed by atoms with Gasteiger partial charge in [0.1, 0.15) is 12.3 Å². The second-order valence-corrected chi connectivity index (χ2v) is 4.56. The van der Waals surface area contributed by atoms with Gasteiger partial charge in [0.2, 0.25) is 5.91 Å². The molecule has 110 valence electrons. The number of carbonyl (C=O) groups is 3. The molecule has 0 unspecified atom stereocenters. The van der Waals surface area contributed by atoms with Gasteiger partial charge in [-0.05, 0) is 5.56 Å². The van der Waals surface area contributed by atoms with Crippen molar-refractivity contribution in [3.05, 3.63) is 35.9 Å². The molecule has 2 N–H and O–H groups in total. The molecule has 7 heteroatoms. The molecule has 0 bridgehead atoms. The maximum Gasteiger partial charge on any atom is 0.322 e. The van der Waals surface area contributed by atoms with Crippen LogP contribution in [-0.2, 0) is 20.9 Å². The van der Waals surface area contributed by atoms with Crippen molar-refractivity contribution >= 4 is 23.5 Å². The van der Waals surface area contributed by atoms with Gasteiger partial charge < -0.3 is 10.4 Å². The fourth-order valence-electron chi connectivity index (χ4n) is 1.90. The Morgan fingerprint density at radius 3 is 2.62 bits per heavy atom. The molecule has 0 radical (unpaired) electrons. The standard InChI is InChI=1S/C14H15N3O4/c18-12-7-6-11(14(21)15-8-13(19)20)16-17(12)9-10-4-2-1-3-5-10/h1-5H,6-9H2,(H,15,21)(H,19,20). The van der Waals surface area contributed by atoms with Crippen LogP contribution in [0, 0.1) is 0 Å². The molecule has 1 aromatic rings. The number of hydrogen-bond donors (Lipinski definition) is 2. The van der Waals surface area contributed by atoms with E-state index >= 15 is 0 Å². The molecule has 1 heterocycles. The van der Waals surface area contributed by atoms with Crippen LogP contribution in [0.5, 0.6) is 0 Å². The Bertz CT molecular complexity index is 583. The summed E-state index contributed by atoms with van der Waals surface area (Å²) in [7, 11) is 0. The molecule has 0 saturated heterocycles. The van der Waals surface area contributed by atoms with E-state index in [1.807, 2.05) is 30.3 Å². The molecular formula is C14H15N3O4. The molecule has 1 aliphatic rings. The molecule has 7 nitrogen and oxygen atoms in total. The smallest absolute Gasteiger partial charge is 0.322 e. The van der Waals surface area contributed by atoms with Gasteiger partial charge in [0, 0.05) is 12.8 Å². The molecular weight excluding hydrogens is 274 g/mol. The average molecular weight is 289 g/mol. The lowest BCUT2D eigenvalue weighted by Gasteiger charge is -2.23. The first-order valence-electron chi connectivity index (χ1n) is 6.48. The monoisotopic (exact) mass is 289 g/mol. The zero-order valence-corrected chi connectivity index (χ0v) is 11.3. The van der Waals surface area contributed by atoms with Gasteiger partial charge in [-0.2, -0.15) is 5.10 Å². The molecule has 0 spiro atoms. The first-order chi connectivity index (χ1) is 10.1. The second kappa shape index (κ2) is 6.65. The highest BCUT2D eigenvalue weighted by Crippen LogP contribution is 2.13. The van der Waals surface area contributed by atoms with Crippen molar-refractivity contribution in [2.45, 2.75) is 19.4 Å². The number of rotatable bonds is 5. The number of hydrazone groups is 1. The number of amides is 2. The molecule has 0 aromatic heterocycles. The minimum Gasteiger partial charge on any atom is -0.480 e. The summed E-state index contributed by atoms with van der Waals surface area (Å²) in [5.74, 6) is -1.84. The molecule has 0 atom stereocenters. The summed E-state index contributed by atoms with van der Waals surface area (Å²) in [4.78, 5) is 34.0. The number of aliphatic carboxylic acids is 1. The Morgan fingerprint density at radius 2 is 1.95 bits per heavy atom. The van der Waals surface area contributed by atoms with Crippen LogP contribution in [0.25, 0.3) is 0 Å². The third-order valence-electron chi connectivity index (χ3n) is 2.94. The highest BCUT2D eigenvalue weighted by molar-refractivity contribution is 6.39. The summed E-state index contributed by atoms with van der Waals surface area (Å²) in [6.07, 6.45) is 0.404. The Morgan fingerprint density at radius 1 is 1.24 bits per heavy atom. The molecule has 2 amide bonds. The second-order valence-electron chi connectivity index (χ2n) is 4.56. The van der Waals surface area contributed by atoms with Gasteiger partial charge >= 0.3 is 5.97 Å². The largest absolute Gasteiger partial charge is 0.480 e. The zero-order valence-electron chi connectivity index (χ0n) is 11.3. The number of carboxylic acid groups (broad SMARTS) is 1. The number of carbonyl (C=O) groups excluding carboxylic acids is 2. The first kappa shape index (κ1) is 14.7. The quantitative estimate of drug-likeness (QED) is 0.817. The van der Waals surface area contributed by atoms with Gasteiger partial charge in [0.15, 0.2) is 0 Å². The number of carboxylic acids is 1. The fourth-order valence-corrected chi connectivity index (χ4v) is 1.90. The van der Waals surface area contributed by atoms with Crippen molar-refractivity contribution in [1.29, 1.82) is 0 Å². The van der Waals surface area contributed by atoms with Gasteiger partial charge in [-0.25, -0.2) is 5.01 Å². The van der Waals surface area contributed by atoms with Crippen LogP contribution in [0.3, 0.4) is 0 Å². The summed E-state index contributed by atoms with van der Waals surface area (Å²) in [6.45, 7) is -0.181. The minimum atomic E-state index is -1.13. The SMILES string of the molecule is O=C(O)CNC(=O)C1=NN(Cc2ccccc2)C(=O)CC1. The van der Waals surface area contributed by atoms with Gasteiger partial charge in [0.25, 0.3) is 5.91 Å². The van der Waals surface area contributed by atoms with Crippen LogP contribution >= 0.6 is 0 Å². The molecule has 1 aromatic carbocycles. The predicted octanol–water partition coefficient (Wildman–Crippen LogP) is 0.366. The summed E-state index contributed by atoms with van der Waals surface area (Å²) >= 11 is 0. The maximum absolute atomic E-state index is 11.8. The van der Waals surface area contributed by atoms with Crippen molar-refractivity contribution in [1.82, 2.24) is 10.3 Å². The van der Waals surface area contributed by atoms with E-state index in [1.165, 1.54) is 5.01 Å². The third kappa shape index (κ3) is 4.13. The van der Waals surface area contributed by atoms with Crippen LogP contribution in [0.4, 0.5) is 0 Å². The number of nitrogens with one attached hydrogen (secondary N) is 1.